The van der Waals surface area contributed by atoms with Crippen LogP contribution in [0.3, 0.4) is 0 Å². The van der Waals surface area contributed by atoms with E-state index in [1.54, 1.807) is 0 Å². The van der Waals surface area contributed by atoms with Crippen LogP contribution in [0.4, 0.5) is 27.5 Å². The Bertz CT molecular complexity index is 2620. The Morgan fingerprint density at radius 1 is 0.400 bits per heavy atom. The summed E-state index contributed by atoms with van der Waals surface area (Å²) in [4.78, 5) is 32.8. The Kier molecular flexibility index (Phi) is 23.1. The van der Waals surface area contributed by atoms with Gasteiger partial charge >= 0.3 is 6.03 Å². The van der Waals surface area contributed by atoms with Crippen LogP contribution in [-0.4, -0.2) is 188 Å². The van der Waals surface area contributed by atoms with Crippen LogP contribution in [0.5, 0.6) is 0 Å². The van der Waals surface area contributed by atoms with Crippen LogP contribution in [0.1, 0.15) is 36.1 Å². The van der Waals surface area contributed by atoms with Crippen molar-refractivity contribution in [1.82, 2.24) is 0 Å². The summed E-state index contributed by atoms with van der Waals surface area (Å²) in [5.74, 6) is -1.05. The van der Waals surface area contributed by atoms with Crippen molar-refractivity contribution in [1.29, 1.82) is 0 Å². The molecule has 0 saturated carbocycles. The molecule has 8 N–H and O–H groups in total. The van der Waals surface area contributed by atoms with Gasteiger partial charge in [-0.15, -0.1) is 0 Å². The van der Waals surface area contributed by atoms with Gasteiger partial charge in [0.15, 0.2) is 0 Å². The molecule has 60 heavy (non-hydrogen) atoms. The van der Waals surface area contributed by atoms with E-state index < -0.39 is 77.9 Å². The molecular weight excluding hydrogens is 913 g/mol. The summed E-state index contributed by atoms with van der Waals surface area (Å²) >= 11 is 0. The quantitative estimate of drug-likeness (QED) is 0.0575. The minimum absolute atomic E-state index is 0. The van der Waals surface area contributed by atoms with Crippen LogP contribution in [0.2, 0.25) is 0 Å². The third-order valence-corrected chi connectivity index (χ3v) is 10.8. The Hall–Kier alpha value is -1.79. The maximum absolute atomic E-state index is 12.9. The minimum Gasteiger partial charge on any atom is -0.326 e. The van der Waals surface area contributed by atoms with Gasteiger partial charge in [0, 0.05) is 155 Å². The molecule has 19 nitrogen and oxygen atoms in total. The van der Waals surface area contributed by atoms with Crippen molar-refractivity contribution >= 4 is 224 Å². The summed E-state index contributed by atoms with van der Waals surface area (Å²) in [5, 5.41) is 9.27. The molecule has 4 aromatic carbocycles. The third kappa shape index (κ3) is 17.1. The predicted molar refractivity (Wildman–Crippen MR) is 227 cm³/mol. The van der Waals surface area contributed by atoms with Crippen LogP contribution in [0, 0.1) is 0 Å². The number of nitrogens with one attached hydrogen (secondary N) is 4. The topological polar surface area (TPSA) is 317 Å². The maximum atomic E-state index is 12.9. The molecule has 4 radical (unpaired) electrons. The van der Waals surface area contributed by atoms with Gasteiger partial charge in [-0.25, -0.2) is 4.79 Å². The van der Waals surface area contributed by atoms with Gasteiger partial charge in [-0.3, -0.25) is 27.8 Å². The van der Waals surface area contributed by atoms with E-state index in [-0.39, 0.29) is 163 Å². The van der Waals surface area contributed by atoms with Gasteiger partial charge in [-0.05, 0) is 70.8 Å². The van der Waals surface area contributed by atoms with E-state index >= 15 is 0 Å². The van der Waals surface area contributed by atoms with Crippen molar-refractivity contribution in [3.63, 3.8) is 0 Å². The molecule has 4 amide bonds. The maximum Gasteiger partial charge on any atom is 0.323 e. The third-order valence-electron chi connectivity index (χ3n) is 7.21. The van der Waals surface area contributed by atoms with E-state index in [2.05, 4.69) is 21.3 Å². The Morgan fingerprint density at radius 2 is 0.600 bits per heavy atom. The molecule has 0 aliphatic rings. The Labute approximate surface area is 433 Å². The van der Waals surface area contributed by atoms with Gasteiger partial charge in [0.2, 0.25) is 11.8 Å². The molecule has 0 bridgehead atoms. The predicted octanol–water partition coefficient (Wildman–Crippen LogP) is 3.05. The fourth-order valence-electron chi connectivity index (χ4n) is 4.95. The van der Waals surface area contributed by atoms with Gasteiger partial charge in [-0.2, -0.15) is 33.7 Å². The normalized spacial score (nSPS) is 11.6. The van der Waals surface area contributed by atoms with Crippen molar-refractivity contribution in [2.75, 3.05) is 21.3 Å². The molecule has 0 unspecified atom stereocenters. The molecule has 4 rings (SSSR count). The van der Waals surface area contributed by atoms with Crippen molar-refractivity contribution in [2.24, 2.45) is 0 Å². The minimum atomic E-state index is -4.99. The summed E-state index contributed by atoms with van der Waals surface area (Å²) < 4.78 is 136. The molecule has 27 heteroatoms. The SMILES string of the molecule is CC(=O)Nc1ccc(C=Cc2ccc(NC(=O)Nc3ccc(C=Cc4ccc(NC(C)=O)cc4S(=O)(=O)O)c(S(=O)(=O)O)c3)cc2S(=O)(=O)O)c(S(=O)(=O)O)c1.[Na].[Na].[Na].[Na]. The van der Waals surface area contributed by atoms with E-state index in [0.717, 1.165) is 60.7 Å². The number of carbonyl (C=O) groups excluding carboxylic acids is 3. The van der Waals surface area contributed by atoms with E-state index in [4.69, 9.17) is 0 Å². The first-order valence-electron chi connectivity index (χ1n) is 15.3. The van der Waals surface area contributed by atoms with Crippen molar-refractivity contribution in [3.8, 4) is 0 Å². The molecule has 4 aromatic rings. The molecule has 300 valence electrons. The zero-order valence-electron chi connectivity index (χ0n) is 32.7. The number of hydrogen-bond acceptors (Lipinski definition) is 11. The van der Waals surface area contributed by atoms with Gasteiger partial charge in [0.25, 0.3) is 40.5 Å². The standard InChI is InChI=1S/C33H30N4O15S4.4Na/c1-19(38)34-25-11-7-21(29(15-25)53(41,42)43)3-5-23-9-13-27(17-31(23)55(47,48)49)36-33(40)37-28-14-10-24(32(18-28)56(50,51)52)6-4-22-8-12-26(35-20(2)39)16-30(22)54(44,45)46;;;;/h3-18H,1-2H3,(H,34,38)(H,35,39)(H2,36,37,40)(H,41,42,43)(H,44,45,46)(H,47,48,49)(H,50,51,52);;;;. The molecule has 0 aliphatic carbocycles. The number of anilines is 4. The largest absolute Gasteiger partial charge is 0.326 e. The van der Waals surface area contributed by atoms with Gasteiger partial charge in [0.1, 0.15) is 19.6 Å². The van der Waals surface area contributed by atoms with Crippen molar-refractivity contribution in [3.05, 3.63) is 95.1 Å². The molecule has 0 aromatic heterocycles. The Balaban J connectivity index is 0.00000870. The molecule has 0 spiro atoms. The summed E-state index contributed by atoms with van der Waals surface area (Å²) in [7, 11) is -19.6. The van der Waals surface area contributed by atoms with Crippen LogP contribution in [0.25, 0.3) is 24.3 Å². The van der Waals surface area contributed by atoms with Crippen LogP contribution < -0.4 is 21.3 Å². The van der Waals surface area contributed by atoms with E-state index in [0.29, 0.717) is 0 Å². The Morgan fingerprint density at radius 3 is 0.783 bits per heavy atom. The molecule has 0 atom stereocenters. The second kappa shape index (κ2) is 23.8. The average molecular weight is 943 g/mol. The summed E-state index contributed by atoms with van der Waals surface area (Å²) in [6.45, 7) is 2.35. The summed E-state index contributed by atoms with van der Waals surface area (Å²) in [5.41, 5.74) is -0.989. The van der Waals surface area contributed by atoms with Gasteiger partial charge in [-0.1, -0.05) is 48.6 Å². The van der Waals surface area contributed by atoms with Crippen molar-refractivity contribution in [2.45, 2.75) is 33.4 Å². The van der Waals surface area contributed by atoms with Crippen LogP contribution in [-0.2, 0) is 50.1 Å². The zero-order chi connectivity index (χ0) is 41.8. The smallest absolute Gasteiger partial charge is 0.323 e. The molecule has 0 fully saturated rings. The van der Waals surface area contributed by atoms with Gasteiger partial charge in [0.05, 0.1) is 0 Å². The molecular formula is C33H30N4Na4O15S4. The van der Waals surface area contributed by atoms with E-state index in [1.807, 2.05) is 0 Å². The van der Waals surface area contributed by atoms with Crippen molar-refractivity contribution < 1.29 is 66.3 Å². The number of amides is 4. The summed E-state index contributed by atoms with van der Waals surface area (Å²) in [6, 6.07) is 12.3. The average Bonchev–Trinajstić information content (AvgIpc) is 3.05. The summed E-state index contributed by atoms with van der Waals surface area (Å²) in [6.07, 6.45) is 4.39. The van der Waals surface area contributed by atoms with E-state index in [1.165, 1.54) is 50.2 Å². The number of carbonyl (C=O) groups is 3. The second-order valence-corrected chi connectivity index (χ2v) is 17.1. The van der Waals surface area contributed by atoms with Crippen LogP contribution in [0.15, 0.2) is 92.4 Å². The first-order valence-corrected chi connectivity index (χ1v) is 21.0. The number of urea groups is 1. The fourth-order valence-corrected chi connectivity index (χ4v) is 7.79. The fraction of sp³-hybridized carbons (Fsp3) is 0.0606. The zero-order valence-corrected chi connectivity index (χ0v) is 43.9. The molecule has 0 aliphatic heterocycles. The second-order valence-electron chi connectivity index (χ2n) is 11.5. The number of rotatable bonds is 12. The van der Waals surface area contributed by atoms with E-state index in [9.17, 15) is 66.3 Å². The first kappa shape index (κ1) is 58.2. The number of hydrogen-bond donors (Lipinski definition) is 8. The number of benzene rings is 4. The van der Waals surface area contributed by atoms with Gasteiger partial charge < -0.3 is 21.3 Å². The molecule has 0 saturated heterocycles. The van der Waals surface area contributed by atoms with Crippen LogP contribution >= 0.6 is 0 Å². The molecule has 0 heterocycles. The monoisotopic (exact) mass is 942 g/mol. The first-order chi connectivity index (χ1) is 25.8.